The van der Waals surface area contributed by atoms with Crippen molar-refractivity contribution in [3.05, 3.63) is 62.0 Å². The van der Waals surface area contributed by atoms with Gasteiger partial charge in [0.25, 0.3) is 0 Å². The van der Waals surface area contributed by atoms with Gasteiger partial charge in [0.2, 0.25) is 0 Å². The van der Waals surface area contributed by atoms with Crippen LogP contribution in [0.25, 0.3) is 0 Å². The van der Waals surface area contributed by atoms with E-state index in [0.29, 0.717) is 0 Å². The second-order valence-corrected chi connectivity index (χ2v) is 6.59. The van der Waals surface area contributed by atoms with Gasteiger partial charge in [-0.1, -0.05) is 29.8 Å². The molecular weight excluding hydrogens is 366 g/mol. The molecule has 0 amide bonds. The number of rotatable bonds is 3. The zero-order valence-electron chi connectivity index (χ0n) is 11.3. The number of aryl methyl sites for hydroxylation is 2. The summed E-state index contributed by atoms with van der Waals surface area (Å²) in [6, 6.07) is 13.1. The molecule has 0 saturated heterocycles. The third kappa shape index (κ3) is 3.61. The second kappa shape index (κ2) is 6.10. The van der Waals surface area contributed by atoms with Gasteiger partial charge in [-0.3, -0.25) is 0 Å². The van der Waals surface area contributed by atoms with Crippen LogP contribution in [0.5, 0.6) is 0 Å². The van der Waals surface area contributed by atoms with Gasteiger partial charge >= 0.3 is 0 Å². The molecule has 0 aliphatic rings. The summed E-state index contributed by atoms with van der Waals surface area (Å²) in [5.74, 6) is 0. The first-order chi connectivity index (χ1) is 8.97. The molecule has 0 radical (unpaired) electrons. The van der Waals surface area contributed by atoms with Crippen molar-refractivity contribution in [2.75, 3.05) is 5.32 Å². The Bertz CT molecular complexity index is 553. The van der Waals surface area contributed by atoms with Gasteiger partial charge in [0.15, 0.2) is 0 Å². The zero-order chi connectivity index (χ0) is 14.0. The van der Waals surface area contributed by atoms with Crippen molar-refractivity contribution in [2.24, 2.45) is 0 Å². The Hall–Kier alpha value is -0.800. The van der Waals surface area contributed by atoms with Crippen molar-refractivity contribution in [1.82, 2.24) is 0 Å². The predicted molar refractivity (Wildman–Crippen MR) is 89.8 cm³/mol. The zero-order valence-corrected chi connectivity index (χ0v) is 14.5. The molecule has 0 bridgehead atoms. The molecule has 0 aliphatic carbocycles. The fourth-order valence-electron chi connectivity index (χ4n) is 1.99. The largest absolute Gasteiger partial charge is 0.377 e. The van der Waals surface area contributed by atoms with Crippen molar-refractivity contribution < 1.29 is 0 Å². The van der Waals surface area contributed by atoms with Crippen LogP contribution >= 0.6 is 31.9 Å². The lowest BCUT2D eigenvalue weighted by Crippen LogP contribution is -2.07. The molecule has 1 N–H and O–H groups in total. The first-order valence-corrected chi connectivity index (χ1v) is 7.84. The maximum atomic E-state index is 3.62. The third-order valence-corrected chi connectivity index (χ3v) is 4.38. The topological polar surface area (TPSA) is 12.0 Å². The Morgan fingerprint density at radius 3 is 1.95 bits per heavy atom. The van der Waals surface area contributed by atoms with Crippen LogP contribution in [0.15, 0.2) is 45.3 Å². The van der Waals surface area contributed by atoms with E-state index in [-0.39, 0.29) is 6.04 Å². The Kier molecular flexibility index (Phi) is 4.69. The quantitative estimate of drug-likeness (QED) is 0.686. The van der Waals surface area contributed by atoms with Gasteiger partial charge < -0.3 is 5.32 Å². The van der Waals surface area contributed by atoms with Crippen molar-refractivity contribution in [3.8, 4) is 0 Å². The monoisotopic (exact) mass is 381 g/mol. The third-order valence-electron chi connectivity index (χ3n) is 3.12. The summed E-state index contributed by atoms with van der Waals surface area (Å²) in [6.45, 7) is 6.36. The average Bonchev–Trinajstić information content (AvgIpc) is 2.34. The minimum absolute atomic E-state index is 0.260. The summed E-state index contributed by atoms with van der Waals surface area (Å²) in [5.41, 5.74) is 4.89. The molecule has 0 aliphatic heterocycles. The minimum Gasteiger partial charge on any atom is -0.377 e. The first-order valence-electron chi connectivity index (χ1n) is 6.26. The lowest BCUT2D eigenvalue weighted by atomic mass is 10.1. The molecule has 0 saturated carbocycles. The highest BCUT2D eigenvalue weighted by atomic mass is 79.9. The maximum Gasteiger partial charge on any atom is 0.0633 e. The smallest absolute Gasteiger partial charge is 0.0633 e. The van der Waals surface area contributed by atoms with Crippen LogP contribution in [0.1, 0.15) is 29.7 Å². The van der Waals surface area contributed by atoms with Crippen LogP contribution in [0, 0.1) is 13.8 Å². The Morgan fingerprint density at radius 2 is 1.42 bits per heavy atom. The highest BCUT2D eigenvalue weighted by Gasteiger charge is 2.10. The van der Waals surface area contributed by atoms with E-state index >= 15 is 0 Å². The van der Waals surface area contributed by atoms with Gasteiger partial charge in [0, 0.05) is 15.0 Å². The van der Waals surface area contributed by atoms with E-state index in [9.17, 15) is 0 Å². The minimum atomic E-state index is 0.260. The van der Waals surface area contributed by atoms with Gasteiger partial charge in [0.05, 0.1) is 5.69 Å². The summed E-state index contributed by atoms with van der Waals surface area (Å²) in [4.78, 5) is 0. The Labute approximate surface area is 131 Å². The van der Waals surface area contributed by atoms with Crippen LogP contribution in [0.2, 0.25) is 0 Å². The Morgan fingerprint density at radius 1 is 0.895 bits per heavy atom. The van der Waals surface area contributed by atoms with Crippen molar-refractivity contribution in [1.29, 1.82) is 0 Å². The van der Waals surface area contributed by atoms with E-state index in [0.717, 1.165) is 14.6 Å². The summed E-state index contributed by atoms with van der Waals surface area (Å²) in [6.07, 6.45) is 0. The molecule has 0 spiro atoms. The lowest BCUT2D eigenvalue weighted by molar-refractivity contribution is 0.881. The molecule has 1 atom stereocenters. The summed E-state index contributed by atoms with van der Waals surface area (Å²) in [7, 11) is 0. The normalized spacial score (nSPS) is 12.3. The fraction of sp³-hybridized carbons (Fsp3) is 0.250. The van der Waals surface area contributed by atoms with E-state index in [1.165, 1.54) is 16.7 Å². The number of benzene rings is 2. The van der Waals surface area contributed by atoms with E-state index in [1.807, 2.05) is 0 Å². The first kappa shape index (κ1) is 14.6. The second-order valence-electron chi connectivity index (χ2n) is 4.88. The fourth-order valence-corrected chi connectivity index (χ4v) is 3.64. The van der Waals surface area contributed by atoms with Crippen LogP contribution in [0.3, 0.4) is 0 Å². The number of nitrogens with one attached hydrogen (secondary N) is 1. The molecule has 2 aromatic rings. The van der Waals surface area contributed by atoms with Crippen molar-refractivity contribution in [3.63, 3.8) is 0 Å². The number of anilines is 1. The number of halogens is 2. The van der Waals surface area contributed by atoms with Crippen molar-refractivity contribution >= 4 is 37.5 Å². The Balaban J connectivity index is 2.24. The van der Waals surface area contributed by atoms with Crippen LogP contribution < -0.4 is 5.32 Å². The van der Waals surface area contributed by atoms with Gasteiger partial charge in [-0.15, -0.1) is 0 Å². The standard InChI is InChI=1S/C16H17Br2N/c1-10-4-6-13(7-5-10)12(3)19-16-14(17)8-11(2)9-15(16)18/h4-9,12,19H,1-3H3. The number of hydrogen-bond acceptors (Lipinski definition) is 1. The number of hydrogen-bond donors (Lipinski definition) is 1. The molecule has 0 aromatic heterocycles. The van der Waals surface area contributed by atoms with Crippen LogP contribution in [0.4, 0.5) is 5.69 Å². The van der Waals surface area contributed by atoms with Crippen LogP contribution in [-0.2, 0) is 0 Å². The summed E-state index contributed by atoms with van der Waals surface area (Å²) >= 11 is 7.24. The molecule has 1 nitrogen and oxygen atoms in total. The SMILES string of the molecule is Cc1ccc(C(C)Nc2c(Br)cc(C)cc2Br)cc1. The van der Waals surface area contributed by atoms with Gasteiger partial charge in [-0.05, 0) is 75.9 Å². The highest BCUT2D eigenvalue weighted by molar-refractivity contribution is 9.11. The molecule has 2 aromatic carbocycles. The lowest BCUT2D eigenvalue weighted by Gasteiger charge is -2.19. The van der Waals surface area contributed by atoms with E-state index in [2.05, 4.69) is 94.3 Å². The van der Waals surface area contributed by atoms with Gasteiger partial charge in [-0.2, -0.15) is 0 Å². The maximum absolute atomic E-state index is 3.62. The van der Waals surface area contributed by atoms with Gasteiger partial charge in [0.1, 0.15) is 0 Å². The van der Waals surface area contributed by atoms with E-state index in [1.54, 1.807) is 0 Å². The molecular formula is C16H17Br2N. The average molecular weight is 383 g/mol. The van der Waals surface area contributed by atoms with Crippen molar-refractivity contribution in [2.45, 2.75) is 26.8 Å². The van der Waals surface area contributed by atoms with Gasteiger partial charge in [-0.25, -0.2) is 0 Å². The molecule has 0 fully saturated rings. The molecule has 100 valence electrons. The van der Waals surface area contributed by atoms with E-state index in [4.69, 9.17) is 0 Å². The predicted octanol–water partition coefficient (Wildman–Crippen LogP) is 6.00. The molecule has 3 heteroatoms. The molecule has 1 unspecified atom stereocenters. The molecule has 0 heterocycles. The summed E-state index contributed by atoms with van der Waals surface area (Å²) < 4.78 is 2.16. The molecule has 19 heavy (non-hydrogen) atoms. The summed E-state index contributed by atoms with van der Waals surface area (Å²) in [5, 5.41) is 3.55. The molecule has 2 rings (SSSR count). The van der Waals surface area contributed by atoms with E-state index < -0.39 is 0 Å². The highest BCUT2D eigenvalue weighted by Crippen LogP contribution is 2.34. The van der Waals surface area contributed by atoms with Crippen LogP contribution in [-0.4, -0.2) is 0 Å².